The molecule has 0 aliphatic heterocycles. The van der Waals surface area contributed by atoms with Gasteiger partial charge in [0.15, 0.2) is 0 Å². The van der Waals surface area contributed by atoms with Crippen molar-refractivity contribution >= 4 is 11.8 Å². The SMILES string of the molecule is CCOC(=O)Cn1cnc(-c2ccc(F)cc2)c1-c1ccnc(N)c1. The average molecular weight is 340 g/mol. The Morgan fingerprint density at radius 2 is 1.96 bits per heavy atom. The lowest BCUT2D eigenvalue weighted by atomic mass is 10.1. The number of esters is 1. The van der Waals surface area contributed by atoms with E-state index < -0.39 is 0 Å². The maximum absolute atomic E-state index is 13.2. The summed E-state index contributed by atoms with van der Waals surface area (Å²) in [6.07, 6.45) is 3.14. The van der Waals surface area contributed by atoms with E-state index in [1.165, 1.54) is 12.1 Å². The molecule has 0 aliphatic carbocycles. The highest BCUT2D eigenvalue weighted by molar-refractivity contribution is 5.80. The average Bonchev–Trinajstić information content (AvgIpc) is 2.99. The zero-order valence-corrected chi connectivity index (χ0v) is 13.6. The molecule has 7 heteroatoms. The minimum Gasteiger partial charge on any atom is -0.465 e. The third kappa shape index (κ3) is 3.65. The molecule has 0 aliphatic rings. The molecule has 0 spiro atoms. The van der Waals surface area contributed by atoms with Gasteiger partial charge in [-0.25, -0.2) is 14.4 Å². The highest BCUT2D eigenvalue weighted by Crippen LogP contribution is 2.31. The van der Waals surface area contributed by atoms with Crippen LogP contribution in [0.4, 0.5) is 10.2 Å². The molecule has 3 aromatic rings. The quantitative estimate of drug-likeness (QED) is 0.722. The van der Waals surface area contributed by atoms with Crippen molar-refractivity contribution in [1.82, 2.24) is 14.5 Å². The summed E-state index contributed by atoms with van der Waals surface area (Å²) in [5.41, 5.74) is 8.59. The van der Waals surface area contributed by atoms with E-state index in [9.17, 15) is 9.18 Å². The molecule has 0 saturated carbocycles. The first kappa shape index (κ1) is 16.6. The van der Waals surface area contributed by atoms with Gasteiger partial charge in [-0.3, -0.25) is 4.79 Å². The van der Waals surface area contributed by atoms with Crippen LogP contribution in [-0.4, -0.2) is 27.1 Å². The van der Waals surface area contributed by atoms with Gasteiger partial charge >= 0.3 is 5.97 Å². The van der Waals surface area contributed by atoms with Crippen molar-refractivity contribution in [3.63, 3.8) is 0 Å². The molecule has 1 aromatic carbocycles. The summed E-state index contributed by atoms with van der Waals surface area (Å²) in [7, 11) is 0. The van der Waals surface area contributed by atoms with Gasteiger partial charge in [0.1, 0.15) is 18.2 Å². The van der Waals surface area contributed by atoms with Crippen molar-refractivity contribution in [2.75, 3.05) is 12.3 Å². The summed E-state index contributed by atoms with van der Waals surface area (Å²) < 4.78 is 19.9. The highest BCUT2D eigenvalue weighted by atomic mass is 19.1. The van der Waals surface area contributed by atoms with Crippen LogP contribution in [0.15, 0.2) is 48.9 Å². The Bertz CT molecular complexity index is 890. The van der Waals surface area contributed by atoms with Gasteiger partial charge in [0.2, 0.25) is 0 Å². The normalized spacial score (nSPS) is 10.6. The minimum atomic E-state index is -0.367. The fraction of sp³-hybridized carbons (Fsp3) is 0.167. The Hall–Kier alpha value is -3.22. The zero-order chi connectivity index (χ0) is 17.8. The highest BCUT2D eigenvalue weighted by Gasteiger charge is 2.17. The van der Waals surface area contributed by atoms with Gasteiger partial charge < -0.3 is 15.0 Å². The van der Waals surface area contributed by atoms with Crippen LogP contribution in [0, 0.1) is 5.82 Å². The number of hydrogen-bond acceptors (Lipinski definition) is 5. The number of halogens is 1. The first-order valence-electron chi connectivity index (χ1n) is 7.77. The van der Waals surface area contributed by atoms with E-state index in [2.05, 4.69) is 9.97 Å². The van der Waals surface area contributed by atoms with E-state index >= 15 is 0 Å². The second-order valence-corrected chi connectivity index (χ2v) is 5.35. The fourth-order valence-electron chi connectivity index (χ4n) is 2.57. The van der Waals surface area contributed by atoms with E-state index in [4.69, 9.17) is 10.5 Å². The number of hydrogen-bond donors (Lipinski definition) is 1. The Morgan fingerprint density at radius 1 is 1.20 bits per heavy atom. The maximum Gasteiger partial charge on any atom is 0.325 e. The summed E-state index contributed by atoms with van der Waals surface area (Å²) in [6.45, 7) is 2.07. The molecular weight excluding hydrogens is 323 g/mol. The number of anilines is 1. The number of aromatic nitrogens is 3. The van der Waals surface area contributed by atoms with Gasteiger partial charge in [-0.05, 0) is 43.3 Å². The summed E-state index contributed by atoms with van der Waals surface area (Å²) in [5.74, 6) is -0.343. The Morgan fingerprint density at radius 3 is 2.64 bits per heavy atom. The van der Waals surface area contributed by atoms with Gasteiger partial charge in [0.25, 0.3) is 0 Å². The molecule has 25 heavy (non-hydrogen) atoms. The topological polar surface area (TPSA) is 83.0 Å². The standard InChI is InChI=1S/C18H17FN4O2/c1-2-25-16(24)10-23-11-22-17(12-3-5-14(19)6-4-12)18(23)13-7-8-21-15(20)9-13/h3-9,11H,2,10H2,1H3,(H2,20,21). The van der Waals surface area contributed by atoms with Crippen molar-refractivity contribution < 1.29 is 13.9 Å². The van der Waals surface area contributed by atoms with Gasteiger partial charge in [0, 0.05) is 17.3 Å². The van der Waals surface area contributed by atoms with Crippen molar-refractivity contribution in [1.29, 1.82) is 0 Å². The van der Waals surface area contributed by atoms with Crippen molar-refractivity contribution in [2.24, 2.45) is 0 Å². The lowest BCUT2D eigenvalue weighted by molar-refractivity contribution is -0.143. The molecule has 0 radical (unpaired) electrons. The molecule has 128 valence electrons. The number of ether oxygens (including phenoxy) is 1. The third-order valence-corrected chi connectivity index (χ3v) is 3.61. The molecule has 0 atom stereocenters. The summed E-state index contributed by atoms with van der Waals surface area (Å²) in [5, 5.41) is 0. The zero-order valence-electron chi connectivity index (χ0n) is 13.6. The molecule has 0 saturated heterocycles. The van der Waals surface area contributed by atoms with Crippen LogP contribution < -0.4 is 5.73 Å². The van der Waals surface area contributed by atoms with E-state index in [1.807, 2.05) is 0 Å². The van der Waals surface area contributed by atoms with Crippen LogP contribution >= 0.6 is 0 Å². The predicted molar refractivity (Wildman–Crippen MR) is 91.9 cm³/mol. The van der Waals surface area contributed by atoms with E-state index in [0.717, 1.165) is 11.1 Å². The molecule has 2 N–H and O–H groups in total. The van der Waals surface area contributed by atoms with Crippen molar-refractivity contribution in [3.05, 3.63) is 54.7 Å². The molecule has 0 bridgehead atoms. The summed E-state index contributed by atoms with van der Waals surface area (Å²) in [4.78, 5) is 20.3. The molecule has 0 amide bonds. The Balaban J connectivity index is 2.11. The lowest BCUT2D eigenvalue weighted by Crippen LogP contribution is -2.13. The van der Waals surface area contributed by atoms with E-state index in [1.54, 1.807) is 48.3 Å². The second-order valence-electron chi connectivity index (χ2n) is 5.35. The largest absolute Gasteiger partial charge is 0.465 e. The molecule has 2 aromatic heterocycles. The van der Waals surface area contributed by atoms with Gasteiger partial charge in [0.05, 0.1) is 24.3 Å². The Labute approximate surface area is 144 Å². The maximum atomic E-state index is 13.2. The number of nitrogens with two attached hydrogens (primary N) is 1. The lowest BCUT2D eigenvalue weighted by Gasteiger charge is -2.10. The summed E-state index contributed by atoms with van der Waals surface area (Å²) in [6, 6.07) is 9.49. The van der Waals surface area contributed by atoms with Crippen molar-refractivity contribution in [2.45, 2.75) is 13.5 Å². The smallest absolute Gasteiger partial charge is 0.325 e. The number of pyridine rings is 1. The fourth-order valence-corrected chi connectivity index (χ4v) is 2.57. The second kappa shape index (κ2) is 7.12. The van der Waals surface area contributed by atoms with Crippen molar-refractivity contribution in [3.8, 4) is 22.5 Å². The number of nitrogens with zero attached hydrogens (tertiary/aromatic N) is 3. The van der Waals surface area contributed by atoms with Crippen LogP contribution in [0.1, 0.15) is 6.92 Å². The van der Waals surface area contributed by atoms with E-state index in [-0.39, 0.29) is 18.3 Å². The molecular formula is C18H17FN4O2. The number of nitrogen functional groups attached to an aromatic ring is 1. The molecule has 2 heterocycles. The van der Waals surface area contributed by atoms with Gasteiger partial charge in [-0.1, -0.05) is 0 Å². The Kier molecular flexibility index (Phi) is 4.74. The molecule has 0 unspecified atom stereocenters. The number of imidazole rings is 1. The number of carbonyl (C=O) groups excluding carboxylic acids is 1. The molecule has 0 fully saturated rings. The van der Waals surface area contributed by atoms with Crippen LogP contribution in [0.25, 0.3) is 22.5 Å². The van der Waals surface area contributed by atoms with Gasteiger partial charge in [-0.15, -0.1) is 0 Å². The predicted octanol–water partition coefficient (Wildman–Crippen LogP) is 2.90. The first-order valence-corrected chi connectivity index (χ1v) is 7.77. The number of benzene rings is 1. The van der Waals surface area contributed by atoms with Gasteiger partial charge in [-0.2, -0.15) is 0 Å². The van der Waals surface area contributed by atoms with Crippen LogP contribution in [0.3, 0.4) is 0 Å². The number of carbonyl (C=O) groups is 1. The van der Waals surface area contributed by atoms with Crippen LogP contribution in [0.2, 0.25) is 0 Å². The summed E-state index contributed by atoms with van der Waals surface area (Å²) >= 11 is 0. The number of rotatable bonds is 5. The monoisotopic (exact) mass is 340 g/mol. The minimum absolute atomic E-state index is 0.0135. The van der Waals surface area contributed by atoms with Crippen LogP contribution in [0.5, 0.6) is 0 Å². The third-order valence-electron chi connectivity index (χ3n) is 3.61. The van der Waals surface area contributed by atoms with E-state index in [0.29, 0.717) is 23.8 Å². The molecule has 3 rings (SSSR count). The van der Waals surface area contributed by atoms with Crippen LogP contribution in [-0.2, 0) is 16.1 Å². The molecule has 6 nitrogen and oxygen atoms in total. The first-order chi connectivity index (χ1) is 12.1.